The molecule has 0 amide bonds. The molecule has 2 radical (unpaired) electrons. The molecular formula is C8H10BN3. The lowest BCUT2D eigenvalue weighted by Crippen LogP contribution is -2.27. The molecule has 0 fully saturated rings. The van der Waals surface area contributed by atoms with Crippen LogP contribution < -0.4 is 5.46 Å². The molecule has 3 nitrogen and oxygen atoms in total. The Balaban J connectivity index is 3.22. The van der Waals surface area contributed by atoms with Gasteiger partial charge in [-0.1, -0.05) is 5.46 Å². The Kier molecular flexibility index (Phi) is 1.97. The molecule has 1 aromatic heterocycles. The summed E-state index contributed by atoms with van der Waals surface area (Å²) >= 11 is 0. The highest BCUT2D eigenvalue weighted by Crippen LogP contribution is 2.12. The maximum Gasteiger partial charge on any atom is 0.143 e. The van der Waals surface area contributed by atoms with Crippen LogP contribution >= 0.6 is 0 Å². The molecule has 0 N–H and O–H groups in total. The van der Waals surface area contributed by atoms with Gasteiger partial charge in [-0.15, -0.1) is 0 Å². The lowest BCUT2D eigenvalue weighted by Gasteiger charge is -2.18. The zero-order chi connectivity index (χ0) is 9.35. The summed E-state index contributed by atoms with van der Waals surface area (Å²) in [6.07, 6.45) is 1.56. The molecule has 12 heavy (non-hydrogen) atoms. The minimum atomic E-state index is -0.623. The van der Waals surface area contributed by atoms with E-state index < -0.39 is 5.54 Å². The molecule has 0 bridgehead atoms. The number of aromatic nitrogens is 2. The summed E-state index contributed by atoms with van der Waals surface area (Å²) in [5, 5.41) is 12.9. The Morgan fingerprint density at radius 1 is 1.67 bits per heavy atom. The second-order valence-corrected chi connectivity index (χ2v) is 3.27. The summed E-state index contributed by atoms with van der Waals surface area (Å²) in [7, 11) is 5.60. The van der Waals surface area contributed by atoms with Crippen molar-refractivity contribution in [2.75, 3.05) is 0 Å². The second-order valence-electron chi connectivity index (χ2n) is 3.27. The van der Waals surface area contributed by atoms with E-state index in [1.165, 1.54) is 0 Å². The largest absolute Gasteiger partial charge is 0.251 e. The highest BCUT2D eigenvalue weighted by Gasteiger charge is 2.21. The Hall–Kier alpha value is -1.24. The fraction of sp³-hybridized carbons (Fsp3) is 0.500. The molecule has 1 rings (SSSR count). The van der Waals surface area contributed by atoms with Gasteiger partial charge in [-0.3, -0.25) is 4.68 Å². The fourth-order valence-corrected chi connectivity index (χ4v) is 1.03. The van der Waals surface area contributed by atoms with Crippen LogP contribution in [0.4, 0.5) is 0 Å². The van der Waals surface area contributed by atoms with Crippen molar-refractivity contribution in [3.05, 3.63) is 11.9 Å². The Bertz CT molecular complexity index is 333. The third-order valence-electron chi connectivity index (χ3n) is 1.85. The highest BCUT2D eigenvalue weighted by molar-refractivity contribution is 6.32. The number of rotatable bonds is 1. The van der Waals surface area contributed by atoms with E-state index in [2.05, 4.69) is 11.2 Å². The van der Waals surface area contributed by atoms with Crippen molar-refractivity contribution in [3.8, 4) is 6.07 Å². The third kappa shape index (κ3) is 1.23. The summed E-state index contributed by atoms with van der Waals surface area (Å²) in [6, 6.07) is 2.16. The van der Waals surface area contributed by atoms with Gasteiger partial charge in [-0.05, 0) is 20.8 Å². The molecule has 0 atom stereocenters. The molecule has 60 valence electrons. The predicted octanol–water partition coefficient (Wildman–Crippen LogP) is 0.244. The lowest BCUT2D eigenvalue weighted by molar-refractivity contribution is 0.409. The average molecular weight is 159 g/mol. The van der Waals surface area contributed by atoms with E-state index in [4.69, 9.17) is 13.1 Å². The maximum atomic E-state index is 8.83. The van der Waals surface area contributed by atoms with Crippen molar-refractivity contribution in [3.63, 3.8) is 0 Å². The first-order valence-electron chi connectivity index (χ1n) is 3.71. The third-order valence-corrected chi connectivity index (χ3v) is 1.85. The smallest absolute Gasteiger partial charge is 0.143 e. The number of hydrogen-bond acceptors (Lipinski definition) is 2. The normalized spacial score (nSPS) is 11.2. The van der Waals surface area contributed by atoms with Gasteiger partial charge < -0.3 is 0 Å². The van der Waals surface area contributed by atoms with Crippen LogP contribution in [0.3, 0.4) is 0 Å². The van der Waals surface area contributed by atoms with Gasteiger partial charge in [0.05, 0.1) is 6.07 Å². The zero-order valence-electron chi connectivity index (χ0n) is 7.50. The van der Waals surface area contributed by atoms with Crippen LogP contribution in [0.5, 0.6) is 0 Å². The lowest BCUT2D eigenvalue weighted by atomic mass is 9.97. The van der Waals surface area contributed by atoms with Crippen molar-refractivity contribution in [2.24, 2.45) is 0 Å². The number of hydrogen-bond donors (Lipinski definition) is 0. The van der Waals surface area contributed by atoms with E-state index in [1.807, 2.05) is 6.92 Å². The van der Waals surface area contributed by atoms with Gasteiger partial charge in [-0.2, -0.15) is 10.4 Å². The Morgan fingerprint density at radius 2 is 2.25 bits per heavy atom. The van der Waals surface area contributed by atoms with E-state index in [0.29, 0.717) is 5.46 Å². The first-order chi connectivity index (χ1) is 5.49. The monoisotopic (exact) mass is 159 g/mol. The molecule has 0 aliphatic carbocycles. The summed E-state index contributed by atoms with van der Waals surface area (Å²) < 4.78 is 1.63. The van der Waals surface area contributed by atoms with Gasteiger partial charge in [0, 0.05) is 11.9 Å². The molecule has 0 aliphatic rings. The van der Waals surface area contributed by atoms with Gasteiger partial charge in [0.2, 0.25) is 0 Å². The van der Waals surface area contributed by atoms with E-state index in [-0.39, 0.29) is 0 Å². The van der Waals surface area contributed by atoms with E-state index in [9.17, 15) is 0 Å². The van der Waals surface area contributed by atoms with Gasteiger partial charge in [0.15, 0.2) is 0 Å². The topological polar surface area (TPSA) is 41.6 Å². The van der Waals surface area contributed by atoms with Gasteiger partial charge in [0.25, 0.3) is 0 Å². The second kappa shape index (κ2) is 2.67. The molecule has 0 saturated heterocycles. The zero-order valence-corrected chi connectivity index (χ0v) is 7.50. The van der Waals surface area contributed by atoms with Crippen LogP contribution in [0.1, 0.15) is 19.5 Å². The predicted molar refractivity (Wildman–Crippen MR) is 47.3 cm³/mol. The van der Waals surface area contributed by atoms with Crippen molar-refractivity contribution in [2.45, 2.75) is 26.3 Å². The first kappa shape index (κ1) is 8.86. The SMILES string of the molecule is [B]c1cnn(C(C)(C)C#N)c1C. The minimum Gasteiger partial charge on any atom is -0.251 e. The van der Waals surface area contributed by atoms with Crippen LogP contribution in [0, 0.1) is 18.3 Å². The van der Waals surface area contributed by atoms with E-state index in [0.717, 1.165) is 5.69 Å². The van der Waals surface area contributed by atoms with Crippen molar-refractivity contribution in [1.29, 1.82) is 5.26 Å². The summed E-state index contributed by atoms with van der Waals surface area (Å²) in [4.78, 5) is 0. The summed E-state index contributed by atoms with van der Waals surface area (Å²) in [6.45, 7) is 5.44. The number of nitrogens with zero attached hydrogens (tertiary/aromatic N) is 3. The van der Waals surface area contributed by atoms with Crippen molar-refractivity contribution < 1.29 is 0 Å². The standard InChI is InChI=1S/C8H10BN3/c1-6-7(9)4-11-12(6)8(2,3)5-10/h4H,1-3H3. The van der Waals surface area contributed by atoms with Crippen LogP contribution in [0.25, 0.3) is 0 Å². The van der Waals surface area contributed by atoms with E-state index in [1.54, 1.807) is 24.7 Å². The van der Waals surface area contributed by atoms with Crippen molar-refractivity contribution >= 4 is 13.3 Å². The van der Waals surface area contributed by atoms with Gasteiger partial charge in [-0.25, -0.2) is 0 Å². The highest BCUT2D eigenvalue weighted by atomic mass is 15.3. The summed E-state index contributed by atoms with van der Waals surface area (Å²) in [5.41, 5.74) is 0.835. The molecule has 4 heteroatoms. The molecule has 0 unspecified atom stereocenters. The maximum absolute atomic E-state index is 8.83. The molecule has 1 heterocycles. The first-order valence-corrected chi connectivity index (χ1v) is 3.71. The fourth-order valence-electron chi connectivity index (χ4n) is 1.03. The Morgan fingerprint density at radius 3 is 2.58 bits per heavy atom. The van der Waals surface area contributed by atoms with Crippen molar-refractivity contribution in [1.82, 2.24) is 9.78 Å². The van der Waals surface area contributed by atoms with Gasteiger partial charge in [0.1, 0.15) is 13.4 Å². The molecule has 0 aliphatic heterocycles. The van der Waals surface area contributed by atoms with Crippen LogP contribution in [0.15, 0.2) is 6.20 Å². The molecule has 0 spiro atoms. The van der Waals surface area contributed by atoms with Crippen LogP contribution in [-0.4, -0.2) is 17.6 Å². The molecule has 1 aromatic rings. The van der Waals surface area contributed by atoms with Crippen LogP contribution in [0.2, 0.25) is 0 Å². The van der Waals surface area contributed by atoms with Crippen LogP contribution in [-0.2, 0) is 5.54 Å². The molecule has 0 aromatic carbocycles. The minimum absolute atomic E-state index is 0.623. The Labute approximate surface area is 73.4 Å². The van der Waals surface area contributed by atoms with Gasteiger partial charge >= 0.3 is 0 Å². The van der Waals surface area contributed by atoms with E-state index >= 15 is 0 Å². The quantitative estimate of drug-likeness (QED) is 0.551. The molecule has 0 saturated carbocycles. The average Bonchev–Trinajstić information content (AvgIpc) is 2.33. The number of nitriles is 1. The summed E-state index contributed by atoms with van der Waals surface area (Å²) in [5.74, 6) is 0. The molecular weight excluding hydrogens is 149 g/mol.